The summed E-state index contributed by atoms with van der Waals surface area (Å²) in [5, 5.41) is 4.91. The molecular weight excluding hydrogens is 391 g/mol. The molecule has 1 aliphatic rings. The van der Waals surface area contributed by atoms with Gasteiger partial charge in [-0.2, -0.15) is 0 Å². The number of rotatable bonds is 4. The first-order valence-electron chi connectivity index (χ1n) is 7.61. The van der Waals surface area contributed by atoms with Crippen molar-refractivity contribution in [3.05, 3.63) is 63.9 Å². The van der Waals surface area contributed by atoms with Gasteiger partial charge in [0.2, 0.25) is 11.8 Å². The number of halogens is 2. The lowest BCUT2D eigenvalue weighted by atomic mass is 9.98. The number of hydrogen-bond acceptors (Lipinski definition) is 3. The monoisotopic (exact) mass is 404 g/mol. The Morgan fingerprint density at radius 1 is 1.20 bits per heavy atom. The van der Waals surface area contributed by atoms with Crippen LogP contribution in [0.1, 0.15) is 22.3 Å². The summed E-state index contributed by atoms with van der Waals surface area (Å²) in [6.45, 7) is 0. The maximum absolute atomic E-state index is 13.8. The van der Waals surface area contributed by atoms with E-state index in [2.05, 4.69) is 26.6 Å². The van der Waals surface area contributed by atoms with Crippen LogP contribution in [0.3, 0.4) is 0 Å². The summed E-state index contributed by atoms with van der Waals surface area (Å²) >= 11 is 3.14. The lowest BCUT2D eigenvalue weighted by molar-refractivity contribution is -0.125. The summed E-state index contributed by atoms with van der Waals surface area (Å²) in [6.07, 6.45) is 0.646. The van der Waals surface area contributed by atoms with Crippen molar-refractivity contribution in [2.24, 2.45) is 5.92 Å². The molecule has 0 saturated carbocycles. The molecule has 1 atom stereocenters. The second-order valence-electron chi connectivity index (χ2n) is 5.79. The molecular formula is C18H14BrFN2O3. The van der Waals surface area contributed by atoms with E-state index in [0.717, 1.165) is 5.56 Å². The molecule has 7 heteroatoms. The fourth-order valence-electron chi connectivity index (χ4n) is 2.65. The third-order valence-electron chi connectivity index (χ3n) is 3.93. The highest BCUT2D eigenvalue weighted by molar-refractivity contribution is 9.10. The predicted molar refractivity (Wildman–Crippen MR) is 93.5 cm³/mol. The van der Waals surface area contributed by atoms with Gasteiger partial charge in [-0.3, -0.25) is 19.7 Å². The van der Waals surface area contributed by atoms with Crippen LogP contribution in [0, 0.1) is 11.7 Å². The highest BCUT2D eigenvalue weighted by atomic mass is 79.9. The van der Waals surface area contributed by atoms with Crippen LogP contribution in [0.5, 0.6) is 0 Å². The van der Waals surface area contributed by atoms with Crippen molar-refractivity contribution in [3.63, 3.8) is 0 Å². The highest BCUT2D eigenvalue weighted by Gasteiger charge is 2.30. The number of carbonyl (C=O) groups excluding carboxylic acids is 3. The maximum Gasteiger partial charge on any atom is 0.258 e. The predicted octanol–water partition coefficient (Wildman–Crippen LogP) is 3.05. The lowest BCUT2D eigenvalue weighted by Gasteiger charge is -2.09. The molecule has 2 N–H and O–H groups in total. The maximum atomic E-state index is 13.8. The van der Waals surface area contributed by atoms with Crippen molar-refractivity contribution < 1.29 is 18.8 Å². The largest absolute Gasteiger partial charge is 0.322 e. The molecule has 25 heavy (non-hydrogen) atoms. The van der Waals surface area contributed by atoms with Crippen molar-refractivity contribution in [1.29, 1.82) is 0 Å². The van der Waals surface area contributed by atoms with Gasteiger partial charge in [0.15, 0.2) is 0 Å². The zero-order valence-electron chi connectivity index (χ0n) is 13.0. The Bertz CT molecular complexity index is 852. The van der Waals surface area contributed by atoms with E-state index in [1.807, 2.05) is 0 Å². The van der Waals surface area contributed by atoms with E-state index in [1.165, 1.54) is 12.1 Å². The Balaban J connectivity index is 1.65. The van der Waals surface area contributed by atoms with Gasteiger partial charge in [0, 0.05) is 16.6 Å². The number of anilines is 1. The molecule has 0 aromatic heterocycles. The first-order chi connectivity index (χ1) is 11.9. The third-order valence-corrected chi connectivity index (χ3v) is 4.43. The molecule has 1 unspecified atom stereocenters. The number of carbonyl (C=O) groups is 3. The molecule has 0 spiro atoms. The Hall–Kier alpha value is -2.54. The van der Waals surface area contributed by atoms with E-state index in [1.54, 1.807) is 30.3 Å². The van der Waals surface area contributed by atoms with Crippen molar-refractivity contribution in [3.8, 4) is 0 Å². The molecule has 3 amide bonds. The summed E-state index contributed by atoms with van der Waals surface area (Å²) in [6, 6.07) is 11.1. The smallest absolute Gasteiger partial charge is 0.258 e. The van der Waals surface area contributed by atoms with E-state index in [4.69, 9.17) is 0 Å². The number of imide groups is 1. The minimum atomic E-state index is -0.611. The van der Waals surface area contributed by atoms with E-state index >= 15 is 0 Å². The molecule has 2 aromatic rings. The van der Waals surface area contributed by atoms with Gasteiger partial charge in [0.1, 0.15) is 5.82 Å². The lowest BCUT2D eigenvalue weighted by Crippen LogP contribution is -2.22. The molecule has 5 nitrogen and oxygen atoms in total. The summed E-state index contributed by atoms with van der Waals surface area (Å²) in [7, 11) is 0. The standard InChI is InChI=1S/C18H14BrFN2O3/c19-12-3-6-14(15(20)9-12)18(25)21-13-4-1-10(2-5-13)7-11-8-16(23)22-17(11)24/h1-6,9,11H,7-8H2,(H,21,25)(H,22,23,24). The van der Waals surface area contributed by atoms with Gasteiger partial charge in [0.05, 0.1) is 11.5 Å². The normalized spacial score (nSPS) is 16.6. The Morgan fingerprint density at radius 3 is 2.52 bits per heavy atom. The molecule has 1 fully saturated rings. The van der Waals surface area contributed by atoms with Crippen LogP contribution >= 0.6 is 15.9 Å². The summed E-state index contributed by atoms with van der Waals surface area (Å²) in [5.74, 6) is -2.02. The average molecular weight is 405 g/mol. The molecule has 3 rings (SSSR count). The van der Waals surface area contributed by atoms with Gasteiger partial charge < -0.3 is 5.32 Å². The van der Waals surface area contributed by atoms with Crippen LogP contribution in [0.25, 0.3) is 0 Å². The fourth-order valence-corrected chi connectivity index (χ4v) is 2.99. The number of amides is 3. The molecule has 128 valence electrons. The average Bonchev–Trinajstić information content (AvgIpc) is 2.86. The number of nitrogens with one attached hydrogen (secondary N) is 2. The Morgan fingerprint density at radius 2 is 1.92 bits per heavy atom. The second kappa shape index (κ2) is 7.14. The van der Waals surface area contributed by atoms with E-state index < -0.39 is 11.7 Å². The number of benzene rings is 2. The van der Waals surface area contributed by atoms with Crippen LogP contribution in [0.4, 0.5) is 10.1 Å². The van der Waals surface area contributed by atoms with E-state index in [-0.39, 0.29) is 29.7 Å². The van der Waals surface area contributed by atoms with E-state index in [0.29, 0.717) is 16.6 Å². The van der Waals surface area contributed by atoms with Gasteiger partial charge in [0.25, 0.3) is 5.91 Å². The molecule has 0 aliphatic carbocycles. The van der Waals surface area contributed by atoms with Crippen molar-refractivity contribution >= 4 is 39.3 Å². The molecule has 2 aromatic carbocycles. The van der Waals surface area contributed by atoms with Crippen LogP contribution in [0.15, 0.2) is 46.9 Å². The zero-order valence-corrected chi connectivity index (χ0v) is 14.6. The Kier molecular flexibility index (Phi) is 4.94. The molecule has 1 heterocycles. The number of hydrogen-bond donors (Lipinski definition) is 2. The topological polar surface area (TPSA) is 75.3 Å². The first kappa shape index (κ1) is 17.3. The van der Waals surface area contributed by atoms with Crippen molar-refractivity contribution in [1.82, 2.24) is 5.32 Å². The van der Waals surface area contributed by atoms with Crippen LogP contribution in [-0.4, -0.2) is 17.7 Å². The van der Waals surface area contributed by atoms with Gasteiger partial charge in [-0.25, -0.2) is 4.39 Å². The van der Waals surface area contributed by atoms with E-state index in [9.17, 15) is 18.8 Å². The van der Waals surface area contributed by atoms with Gasteiger partial charge in [-0.15, -0.1) is 0 Å². The molecule has 0 radical (unpaired) electrons. The third kappa shape index (κ3) is 4.11. The molecule has 1 aliphatic heterocycles. The van der Waals surface area contributed by atoms with Crippen LogP contribution in [0.2, 0.25) is 0 Å². The SMILES string of the molecule is O=C1CC(Cc2ccc(NC(=O)c3ccc(Br)cc3F)cc2)C(=O)N1. The van der Waals surface area contributed by atoms with Crippen LogP contribution in [-0.2, 0) is 16.0 Å². The summed E-state index contributed by atoms with van der Waals surface area (Å²) in [4.78, 5) is 34.9. The van der Waals surface area contributed by atoms with Gasteiger partial charge >= 0.3 is 0 Å². The van der Waals surface area contributed by atoms with Gasteiger partial charge in [-0.05, 0) is 42.3 Å². The summed E-state index contributed by atoms with van der Waals surface area (Å²) in [5.41, 5.74) is 1.35. The highest BCUT2D eigenvalue weighted by Crippen LogP contribution is 2.20. The van der Waals surface area contributed by atoms with Gasteiger partial charge in [-0.1, -0.05) is 28.1 Å². The van der Waals surface area contributed by atoms with Crippen molar-refractivity contribution in [2.45, 2.75) is 12.8 Å². The molecule has 1 saturated heterocycles. The summed E-state index contributed by atoms with van der Waals surface area (Å²) < 4.78 is 14.4. The fraction of sp³-hybridized carbons (Fsp3) is 0.167. The van der Waals surface area contributed by atoms with Crippen LogP contribution < -0.4 is 10.6 Å². The minimum absolute atomic E-state index is 0.0478. The van der Waals surface area contributed by atoms with Crippen molar-refractivity contribution in [2.75, 3.05) is 5.32 Å². The quantitative estimate of drug-likeness (QED) is 0.768. The minimum Gasteiger partial charge on any atom is -0.322 e. The first-order valence-corrected chi connectivity index (χ1v) is 8.41. The Labute approximate surface area is 151 Å². The zero-order chi connectivity index (χ0) is 18.0. The second-order valence-corrected chi connectivity index (χ2v) is 6.71. The molecule has 0 bridgehead atoms.